The van der Waals surface area contributed by atoms with Crippen LogP contribution in [0.5, 0.6) is 11.5 Å². The second-order valence-electron chi connectivity index (χ2n) is 5.52. The van der Waals surface area contributed by atoms with Crippen molar-refractivity contribution in [2.75, 3.05) is 33.9 Å². The second-order valence-corrected chi connectivity index (χ2v) is 5.52. The van der Waals surface area contributed by atoms with Crippen LogP contribution in [0.2, 0.25) is 0 Å². The van der Waals surface area contributed by atoms with Gasteiger partial charge in [0.05, 0.1) is 20.3 Å². The number of carbonyl (C=O) groups is 1. The normalized spacial score (nSPS) is 15.1. The number of benzene rings is 1. The van der Waals surface area contributed by atoms with Crippen LogP contribution < -0.4 is 9.47 Å². The maximum Gasteiger partial charge on any atom is 0.411 e. The predicted octanol–water partition coefficient (Wildman–Crippen LogP) is 2.43. The number of hydrogen-bond acceptors (Lipinski definition) is 4. The van der Waals surface area contributed by atoms with Crippen LogP contribution in [0.1, 0.15) is 12.0 Å². The molecule has 134 valence electrons. The molecule has 0 aliphatic carbocycles. The number of halogens is 3. The Morgan fingerprint density at radius 3 is 2.54 bits per heavy atom. The SMILES string of the molecule is COc1ccc(CCC(=O)N2CC(OCC(F)(F)F)C2)c(OC)c1. The zero-order valence-electron chi connectivity index (χ0n) is 13.6. The fraction of sp³-hybridized carbons (Fsp3) is 0.562. The number of ether oxygens (including phenoxy) is 3. The quantitative estimate of drug-likeness (QED) is 0.760. The largest absolute Gasteiger partial charge is 0.497 e. The molecule has 0 saturated carbocycles. The van der Waals surface area contributed by atoms with Gasteiger partial charge in [-0.3, -0.25) is 4.79 Å². The first-order chi connectivity index (χ1) is 11.3. The van der Waals surface area contributed by atoms with Gasteiger partial charge in [0.1, 0.15) is 18.1 Å². The summed E-state index contributed by atoms with van der Waals surface area (Å²) in [6, 6.07) is 5.35. The first-order valence-corrected chi connectivity index (χ1v) is 7.49. The van der Waals surface area contributed by atoms with E-state index in [-0.39, 0.29) is 25.4 Å². The average Bonchev–Trinajstić information content (AvgIpc) is 2.50. The lowest BCUT2D eigenvalue weighted by molar-refractivity contribution is -0.200. The summed E-state index contributed by atoms with van der Waals surface area (Å²) in [6.07, 6.45) is -4.13. The number of rotatable bonds is 7. The highest BCUT2D eigenvalue weighted by Crippen LogP contribution is 2.26. The molecule has 0 N–H and O–H groups in total. The van der Waals surface area contributed by atoms with Crippen molar-refractivity contribution < 1.29 is 32.2 Å². The number of hydrogen-bond donors (Lipinski definition) is 0. The zero-order valence-corrected chi connectivity index (χ0v) is 13.6. The predicted molar refractivity (Wildman–Crippen MR) is 80.2 cm³/mol. The van der Waals surface area contributed by atoms with Gasteiger partial charge in [0.15, 0.2) is 0 Å². The third kappa shape index (κ3) is 5.02. The van der Waals surface area contributed by atoms with Crippen LogP contribution in [0.4, 0.5) is 13.2 Å². The Morgan fingerprint density at radius 1 is 1.25 bits per heavy atom. The minimum Gasteiger partial charge on any atom is -0.497 e. The van der Waals surface area contributed by atoms with E-state index in [1.807, 2.05) is 6.07 Å². The van der Waals surface area contributed by atoms with Crippen LogP contribution in [0.3, 0.4) is 0 Å². The number of alkyl halides is 3. The van der Waals surface area contributed by atoms with Gasteiger partial charge in [-0.1, -0.05) is 6.07 Å². The van der Waals surface area contributed by atoms with Gasteiger partial charge in [0.2, 0.25) is 5.91 Å². The maximum absolute atomic E-state index is 12.1. The van der Waals surface area contributed by atoms with Gasteiger partial charge in [-0.15, -0.1) is 0 Å². The van der Waals surface area contributed by atoms with E-state index < -0.39 is 18.9 Å². The molecule has 0 radical (unpaired) electrons. The van der Waals surface area contributed by atoms with Gasteiger partial charge >= 0.3 is 6.18 Å². The van der Waals surface area contributed by atoms with Crippen molar-refractivity contribution in [1.29, 1.82) is 0 Å². The maximum atomic E-state index is 12.1. The molecule has 0 aromatic heterocycles. The van der Waals surface area contributed by atoms with Crippen LogP contribution in [-0.2, 0) is 16.0 Å². The van der Waals surface area contributed by atoms with E-state index in [0.717, 1.165) is 5.56 Å². The molecule has 1 amide bonds. The van der Waals surface area contributed by atoms with Crippen molar-refractivity contribution in [3.8, 4) is 11.5 Å². The summed E-state index contributed by atoms with van der Waals surface area (Å²) in [4.78, 5) is 13.5. The Bertz CT molecular complexity index is 571. The summed E-state index contributed by atoms with van der Waals surface area (Å²) >= 11 is 0. The number of likely N-dealkylation sites (tertiary alicyclic amines) is 1. The van der Waals surface area contributed by atoms with E-state index in [1.54, 1.807) is 19.2 Å². The fourth-order valence-corrected chi connectivity index (χ4v) is 2.42. The van der Waals surface area contributed by atoms with Crippen LogP contribution in [-0.4, -0.2) is 57.0 Å². The molecule has 0 spiro atoms. The van der Waals surface area contributed by atoms with E-state index in [2.05, 4.69) is 0 Å². The number of nitrogens with zero attached hydrogens (tertiary/aromatic N) is 1. The third-order valence-electron chi connectivity index (χ3n) is 3.79. The molecule has 1 aromatic carbocycles. The summed E-state index contributed by atoms with van der Waals surface area (Å²) in [7, 11) is 3.09. The van der Waals surface area contributed by atoms with Crippen molar-refractivity contribution in [3.05, 3.63) is 23.8 Å². The molecule has 1 aliphatic rings. The molecule has 0 atom stereocenters. The van der Waals surface area contributed by atoms with Gasteiger partial charge < -0.3 is 19.1 Å². The van der Waals surface area contributed by atoms with Crippen molar-refractivity contribution in [1.82, 2.24) is 4.90 Å². The van der Waals surface area contributed by atoms with Crippen molar-refractivity contribution >= 4 is 5.91 Å². The monoisotopic (exact) mass is 347 g/mol. The van der Waals surface area contributed by atoms with Crippen molar-refractivity contribution in [3.63, 3.8) is 0 Å². The topological polar surface area (TPSA) is 48.0 Å². The molecule has 0 unspecified atom stereocenters. The van der Waals surface area contributed by atoms with E-state index in [1.165, 1.54) is 12.0 Å². The Labute approximate surface area is 138 Å². The van der Waals surface area contributed by atoms with Crippen molar-refractivity contribution in [2.24, 2.45) is 0 Å². The number of aryl methyl sites for hydroxylation is 1. The van der Waals surface area contributed by atoms with Gasteiger partial charge in [-0.05, 0) is 18.1 Å². The first-order valence-electron chi connectivity index (χ1n) is 7.49. The second kappa shape index (κ2) is 7.74. The molecule has 8 heteroatoms. The molecular weight excluding hydrogens is 327 g/mol. The minimum atomic E-state index is -4.34. The van der Waals surface area contributed by atoms with Gasteiger partial charge in [0.25, 0.3) is 0 Å². The Kier molecular flexibility index (Phi) is 5.93. The summed E-state index contributed by atoms with van der Waals surface area (Å²) in [6.45, 7) is -0.869. The number of methoxy groups -OCH3 is 2. The van der Waals surface area contributed by atoms with E-state index in [9.17, 15) is 18.0 Å². The summed E-state index contributed by atoms with van der Waals surface area (Å²) < 4.78 is 51.2. The average molecular weight is 347 g/mol. The Hall–Kier alpha value is -1.96. The highest BCUT2D eigenvalue weighted by Gasteiger charge is 2.35. The van der Waals surface area contributed by atoms with Crippen LogP contribution in [0, 0.1) is 0 Å². The molecule has 2 rings (SSSR count). The third-order valence-corrected chi connectivity index (χ3v) is 3.79. The van der Waals surface area contributed by atoms with Crippen LogP contribution in [0.25, 0.3) is 0 Å². The van der Waals surface area contributed by atoms with Crippen molar-refractivity contribution in [2.45, 2.75) is 25.1 Å². The lowest BCUT2D eigenvalue weighted by Crippen LogP contribution is -2.55. The molecular formula is C16H20F3NO4. The smallest absolute Gasteiger partial charge is 0.411 e. The standard InChI is InChI=1S/C16H20F3NO4/c1-22-12-5-3-11(14(7-12)23-2)4-6-15(21)20-8-13(9-20)24-10-16(17,18)19/h3,5,7,13H,4,6,8-10H2,1-2H3. The molecule has 24 heavy (non-hydrogen) atoms. The highest BCUT2D eigenvalue weighted by molar-refractivity contribution is 5.77. The van der Waals surface area contributed by atoms with E-state index >= 15 is 0 Å². The van der Waals surface area contributed by atoms with Crippen LogP contribution >= 0.6 is 0 Å². The Balaban J connectivity index is 1.77. The molecule has 5 nitrogen and oxygen atoms in total. The summed E-state index contributed by atoms with van der Waals surface area (Å²) in [5.41, 5.74) is 0.872. The van der Waals surface area contributed by atoms with E-state index in [0.29, 0.717) is 17.9 Å². The highest BCUT2D eigenvalue weighted by atomic mass is 19.4. The van der Waals surface area contributed by atoms with Gasteiger partial charge in [-0.25, -0.2) is 0 Å². The summed E-state index contributed by atoms with van der Waals surface area (Å²) in [5, 5.41) is 0. The zero-order chi connectivity index (χ0) is 17.7. The van der Waals surface area contributed by atoms with Gasteiger partial charge in [0, 0.05) is 25.6 Å². The summed E-state index contributed by atoms with van der Waals surface area (Å²) in [5.74, 6) is 1.19. The van der Waals surface area contributed by atoms with Crippen LogP contribution in [0.15, 0.2) is 18.2 Å². The lowest BCUT2D eigenvalue weighted by atomic mass is 10.1. The number of carbonyl (C=O) groups excluding carboxylic acids is 1. The molecule has 0 bridgehead atoms. The number of amides is 1. The van der Waals surface area contributed by atoms with E-state index in [4.69, 9.17) is 14.2 Å². The molecule has 1 heterocycles. The minimum absolute atomic E-state index is 0.111. The van der Waals surface area contributed by atoms with Gasteiger partial charge in [-0.2, -0.15) is 13.2 Å². The fourth-order valence-electron chi connectivity index (χ4n) is 2.42. The Morgan fingerprint density at radius 2 is 1.96 bits per heavy atom. The lowest BCUT2D eigenvalue weighted by Gasteiger charge is -2.39. The molecule has 1 saturated heterocycles. The molecule has 1 aromatic rings. The molecule has 1 aliphatic heterocycles. The first kappa shape index (κ1) is 18.4. The molecule has 1 fully saturated rings.